The predicted molar refractivity (Wildman–Crippen MR) is 88.1 cm³/mol. The molecule has 0 bridgehead atoms. The summed E-state index contributed by atoms with van der Waals surface area (Å²) in [6.07, 6.45) is 0. The summed E-state index contributed by atoms with van der Waals surface area (Å²) in [5.74, 6) is -0.126. The smallest absolute Gasteiger partial charge is 0.271 e. The largest absolute Gasteiger partial charge is 0.482 e. The topological polar surface area (TPSA) is 81.5 Å². The lowest BCUT2D eigenvalue weighted by Crippen LogP contribution is -2.20. The Morgan fingerprint density at radius 2 is 2.00 bits per heavy atom. The number of aryl methyl sites for hydroxylation is 2. The van der Waals surface area contributed by atoms with Gasteiger partial charge < -0.3 is 10.1 Å². The monoisotopic (exact) mass is 334 g/mol. The molecule has 2 aromatic carbocycles. The summed E-state index contributed by atoms with van der Waals surface area (Å²) in [5, 5.41) is 13.5. The minimum Gasteiger partial charge on any atom is -0.482 e. The zero-order valence-electron chi connectivity index (χ0n) is 12.6. The van der Waals surface area contributed by atoms with Crippen molar-refractivity contribution in [2.24, 2.45) is 0 Å². The van der Waals surface area contributed by atoms with Crippen LogP contribution in [-0.4, -0.2) is 17.4 Å². The Kier molecular flexibility index (Phi) is 5.18. The van der Waals surface area contributed by atoms with E-state index in [0.29, 0.717) is 5.69 Å². The van der Waals surface area contributed by atoms with Crippen LogP contribution >= 0.6 is 11.6 Å². The summed E-state index contributed by atoms with van der Waals surface area (Å²) in [7, 11) is 0. The van der Waals surface area contributed by atoms with Gasteiger partial charge in [0.05, 0.1) is 9.95 Å². The molecule has 23 heavy (non-hydrogen) atoms. The maximum absolute atomic E-state index is 11.9. The molecule has 0 aliphatic rings. The average Bonchev–Trinajstić information content (AvgIpc) is 2.48. The average molecular weight is 335 g/mol. The van der Waals surface area contributed by atoms with Gasteiger partial charge in [-0.3, -0.25) is 14.9 Å². The van der Waals surface area contributed by atoms with Gasteiger partial charge in [-0.1, -0.05) is 29.3 Å². The number of anilines is 1. The number of nitro benzene ring substituents is 1. The Morgan fingerprint density at radius 1 is 1.26 bits per heavy atom. The third kappa shape index (κ3) is 4.43. The van der Waals surface area contributed by atoms with E-state index in [1.807, 2.05) is 32.0 Å². The minimum atomic E-state index is -0.553. The Labute approximate surface area is 138 Å². The summed E-state index contributed by atoms with van der Waals surface area (Å²) >= 11 is 5.90. The maximum atomic E-state index is 11.9. The molecule has 0 atom stereocenters. The number of nitrogens with zero attached hydrogens (tertiary/aromatic N) is 1. The summed E-state index contributed by atoms with van der Waals surface area (Å²) in [4.78, 5) is 22.0. The molecule has 0 radical (unpaired) electrons. The molecule has 7 heteroatoms. The third-order valence-corrected chi connectivity index (χ3v) is 3.44. The molecule has 1 N–H and O–H groups in total. The van der Waals surface area contributed by atoms with E-state index in [-0.39, 0.29) is 29.0 Å². The maximum Gasteiger partial charge on any atom is 0.271 e. The Balaban J connectivity index is 1.98. The van der Waals surface area contributed by atoms with Crippen LogP contribution in [0.1, 0.15) is 11.1 Å². The molecule has 0 unspecified atom stereocenters. The standard InChI is InChI=1S/C16H15ClN2O4/c1-10-3-5-14(11(2)7-10)18-16(20)9-23-15-6-4-12(19(21)22)8-13(15)17/h3-8H,9H2,1-2H3,(H,18,20). The van der Waals surface area contributed by atoms with Gasteiger partial charge in [0, 0.05) is 17.8 Å². The van der Waals surface area contributed by atoms with Gasteiger partial charge in [-0.15, -0.1) is 0 Å². The molecule has 2 aromatic rings. The van der Waals surface area contributed by atoms with Crippen LogP contribution in [0.4, 0.5) is 11.4 Å². The van der Waals surface area contributed by atoms with E-state index in [2.05, 4.69) is 5.32 Å². The molecular formula is C16H15ClN2O4. The second-order valence-electron chi connectivity index (χ2n) is 5.03. The van der Waals surface area contributed by atoms with E-state index in [1.54, 1.807) is 0 Å². The number of ether oxygens (including phenoxy) is 1. The molecule has 0 aromatic heterocycles. The van der Waals surface area contributed by atoms with E-state index in [0.717, 1.165) is 11.1 Å². The van der Waals surface area contributed by atoms with Crippen molar-refractivity contribution in [2.45, 2.75) is 13.8 Å². The van der Waals surface area contributed by atoms with Gasteiger partial charge >= 0.3 is 0 Å². The van der Waals surface area contributed by atoms with Crippen LogP contribution in [0.2, 0.25) is 5.02 Å². The Morgan fingerprint density at radius 3 is 2.61 bits per heavy atom. The van der Waals surface area contributed by atoms with Crippen LogP contribution in [0.25, 0.3) is 0 Å². The van der Waals surface area contributed by atoms with Crippen LogP contribution in [0.5, 0.6) is 5.75 Å². The highest BCUT2D eigenvalue weighted by Gasteiger charge is 2.12. The van der Waals surface area contributed by atoms with E-state index in [1.165, 1.54) is 18.2 Å². The van der Waals surface area contributed by atoms with Crippen LogP contribution in [-0.2, 0) is 4.79 Å². The number of hydrogen-bond acceptors (Lipinski definition) is 4. The van der Waals surface area contributed by atoms with Crippen molar-refractivity contribution in [1.29, 1.82) is 0 Å². The van der Waals surface area contributed by atoms with Crippen molar-refractivity contribution >= 4 is 28.9 Å². The summed E-state index contributed by atoms with van der Waals surface area (Å²) < 4.78 is 5.30. The number of hydrogen-bond donors (Lipinski definition) is 1. The Bertz CT molecular complexity index is 762. The molecule has 0 spiro atoms. The predicted octanol–water partition coefficient (Wildman–Crippen LogP) is 3.88. The number of non-ortho nitro benzene ring substituents is 1. The number of carbonyl (C=O) groups is 1. The van der Waals surface area contributed by atoms with E-state index >= 15 is 0 Å². The van der Waals surface area contributed by atoms with Crippen LogP contribution in [0.15, 0.2) is 36.4 Å². The van der Waals surface area contributed by atoms with E-state index in [4.69, 9.17) is 16.3 Å². The Hall–Kier alpha value is -2.60. The minimum absolute atomic E-state index is 0.0820. The molecule has 0 fully saturated rings. The number of carbonyl (C=O) groups excluding carboxylic acids is 1. The highest BCUT2D eigenvalue weighted by atomic mass is 35.5. The normalized spacial score (nSPS) is 10.2. The number of halogens is 1. The van der Waals surface area contributed by atoms with E-state index in [9.17, 15) is 14.9 Å². The molecule has 6 nitrogen and oxygen atoms in total. The zero-order valence-corrected chi connectivity index (χ0v) is 13.4. The zero-order chi connectivity index (χ0) is 17.0. The van der Waals surface area contributed by atoms with Gasteiger partial charge in [0.15, 0.2) is 6.61 Å². The van der Waals surface area contributed by atoms with Crippen molar-refractivity contribution in [2.75, 3.05) is 11.9 Å². The van der Waals surface area contributed by atoms with Gasteiger partial charge in [-0.25, -0.2) is 0 Å². The van der Waals surface area contributed by atoms with Crippen LogP contribution in [0.3, 0.4) is 0 Å². The van der Waals surface area contributed by atoms with Gasteiger partial charge in [-0.2, -0.15) is 0 Å². The highest BCUT2D eigenvalue weighted by molar-refractivity contribution is 6.32. The lowest BCUT2D eigenvalue weighted by molar-refractivity contribution is -0.384. The van der Waals surface area contributed by atoms with Crippen LogP contribution < -0.4 is 10.1 Å². The van der Waals surface area contributed by atoms with E-state index < -0.39 is 4.92 Å². The fourth-order valence-corrected chi connectivity index (χ4v) is 2.23. The first-order valence-corrected chi connectivity index (χ1v) is 7.18. The molecule has 0 heterocycles. The van der Waals surface area contributed by atoms with Crippen molar-refractivity contribution in [3.63, 3.8) is 0 Å². The van der Waals surface area contributed by atoms with Crippen molar-refractivity contribution < 1.29 is 14.5 Å². The second kappa shape index (κ2) is 7.11. The summed E-state index contributed by atoms with van der Waals surface area (Å²) in [6, 6.07) is 9.49. The molecule has 0 saturated carbocycles. The van der Waals surface area contributed by atoms with Crippen LogP contribution in [0, 0.1) is 24.0 Å². The van der Waals surface area contributed by atoms with Gasteiger partial charge in [0.2, 0.25) is 0 Å². The van der Waals surface area contributed by atoms with Gasteiger partial charge in [0.1, 0.15) is 5.75 Å². The molecule has 2 rings (SSSR count). The van der Waals surface area contributed by atoms with Crippen molar-refractivity contribution in [3.8, 4) is 5.75 Å². The molecule has 0 saturated heterocycles. The molecule has 0 aliphatic carbocycles. The first-order valence-electron chi connectivity index (χ1n) is 6.80. The lowest BCUT2D eigenvalue weighted by atomic mass is 10.1. The van der Waals surface area contributed by atoms with Gasteiger partial charge in [-0.05, 0) is 31.5 Å². The van der Waals surface area contributed by atoms with Crippen molar-refractivity contribution in [1.82, 2.24) is 0 Å². The number of nitro groups is 1. The number of nitrogens with one attached hydrogen (secondary N) is 1. The van der Waals surface area contributed by atoms with Crippen molar-refractivity contribution in [3.05, 3.63) is 62.7 Å². The molecular weight excluding hydrogens is 320 g/mol. The first kappa shape index (κ1) is 16.8. The summed E-state index contributed by atoms with van der Waals surface area (Å²) in [6.45, 7) is 3.62. The molecule has 120 valence electrons. The lowest BCUT2D eigenvalue weighted by Gasteiger charge is -2.11. The number of benzene rings is 2. The summed E-state index contributed by atoms with van der Waals surface area (Å²) in [5.41, 5.74) is 2.63. The SMILES string of the molecule is Cc1ccc(NC(=O)COc2ccc([N+](=O)[O-])cc2Cl)c(C)c1. The molecule has 1 amide bonds. The quantitative estimate of drug-likeness (QED) is 0.664. The number of amides is 1. The second-order valence-corrected chi connectivity index (χ2v) is 5.43. The fourth-order valence-electron chi connectivity index (χ4n) is 2.00. The fraction of sp³-hybridized carbons (Fsp3) is 0.188. The molecule has 0 aliphatic heterocycles. The van der Waals surface area contributed by atoms with Gasteiger partial charge in [0.25, 0.3) is 11.6 Å². The third-order valence-electron chi connectivity index (χ3n) is 3.14. The highest BCUT2D eigenvalue weighted by Crippen LogP contribution is 2.28. The first-order chi connectivity index (χ1) is 10.9. The number of rotatable bonds is 5.